The van der Waals surface area contributed by atoms with Crippen LogP contribution in [0.3, 0.4) is 0 Å². The minimum Gasteiger partial charge on any atom is -0.333 e. The van der Waals surface area contributed by atoms with Crippen LogP contribution in [0.25, 0.3) is 78.9 Å². The highest BCUT2D eigenvalue weighted by molar-refractivity contribution is 7.26. The van der Waals surface area contributed by atoms with Crippen molar-refractivity contribution in [3.63, 3.8) is 0 Å². The van der Waals surface area contributed by atoms with E-state index in [4.69, 9.17) is 0 Å². The van der Waals surface area contributed by atoms with Gasteiger partial charge in [-0.2, -0.15) is 0 Å². The molecule has 0 amide bonds. The van der Waals surface area contributed by atoms with Crippen molar-refractivity contribution in [3.8, 4) is 22.3 Å². The third-order valence-electron chi connectivity index (χ3n) is 11.2. The Labute approximate surface area is 328 Å². The van der Waals surface area contributed by atoms with Crippen LogP contribution in [0.4, 0.5) is 11.4 Å². The smallest absolute Gasteiger partial charge is 0.0632 e. The van der Waals surface area contributed by atoms with Gasteiger partial charge in [0.15, 0.2) is 0 Å². The lowest BCUT2D eigenvalue weighted by Gasteiger charge is -2.37. The predicted molar refractivity (Wildman–Crippen MR) is 241 cm³/mol. The summed E-state index contributed by atoms with van der Waals surface area (Å²) < 4.78 is 5.29. The molecular weight excluding hydrogens is 703 g/mol. The van der Waals surface area contributed by atoms with Crippen LogP contribution in [-0.4, -0.2) is 6.04 Å². The first-order valence-corrected chi connectivity index (χ1v) is 20.6. The van der Waals surface area contributed by atoms with Crippen LogP contribution in [0.2, 0.25) is 0 Å². The molecule has 10 aromatic rings. The largest absolute Gasteiger partial charge is 0.333 e. The third-order valence-corrected chi connectivity index (χ3v) is 13.6. The number of nitrogens with zero attached hydrogens (tertiary/aromatic N) is 1. The van der Waals surface area contributed by atoms with Gasteiger partial charge in [-0.15, -0.1) is 22.7 Å². The molecule has 1 aliphatic carbocycles. The Morgan fingerprint density at radius 1 is 0.473 bits per heavy atom. The van der Waals surface area contributed by atoms with Crippen molar-refractivity contribution in [2.24, 2.45) is 0 Å². The van der Waals surface area contributed by atoms with E-state index >= 15 is 0 Å². The van der Waals surface area contributed by atoms with Crippen LogP contribution in [0.5, 0.6) is 0 Å². The Bertz CT molecular complexity index is 3140. The molecule has 0 aliphatic heterocycles. The second kappa shape index (κ2) is 13.2. The van der Waals surface area contributed by atoms with E-state index in [0.29, 0.717) is 0 Å². The summed E-state index contributed by atoms with van der Waals surface area (Å²) in [6, 6.07) is 65.1. The minimum absolute atomic E-state index is 0.0408. The first-order valence-electron chi connectivity index (χ1n) is 18.9. The molecule has 0 saturated heterocycles. The maximum atomic E-state index is 2.65. The molecule has 0 spiro atoms. The molecule has 0 saturated carbocycles. The second-order valence-corrected chi connectivity index (χ2v) is 16.5. The molecule has 0 radical (unpaired) electrons. The normalized spacial score (nSPS) is 14.3. The molecule has 55 heavy (non-hydrogen) atoms. The summed E-state index contributed by atoms with van der Waals surface area (Å²) in [7, 11) is 0. The number of hydrogen-bond donors (Lipinski definition) is 0. The van der Waals surface area contributed by atoms with Crippen LogP contribution >= 0.6 is 22.7 Å². The SMILES string of the molecule is C1=CCC(N(c2cccc(-c3cccc4c3sc3ccccc34)c2)c2cccc3sc4ccccc4c23)C(c2cccc3cccc(-c4ccccc4)c23)=C1. The van der Waals surface area contributed by atoms with Gasteiger partial charge in [-0.3, -0.25) is 0 Å². The van der Waals surface area contributed by atoms with E-state index in [1.807, 2.05) is 22.7 Å². The van der Waals surface area contributed by atoms with Crippen molar-refractivity contribution >= 4 is 90.7 Å². The van der Waals surface area contributed by atoms with Gasteiger partial charge in [-0.05, 0) is 87.0 Å². The van der Waals surface area contributed by atoms with Crippen molar-refractivity contribution < 1.29 is 0 Å². The highest BCUT2D eigenvalue weighted by atomic mass is 32.1. The number of rotatable bonds is 6. The maximum Gasteiger partial charge on any atom is 0.0632 e. The summed E-state index contributed by atoms with van der Waals surface area (Å²) in [5.41, 5.74) is 10.0. The number of allylic oxidation sites excluding steroid dienone is 2. The van der Waals surface area contributed by atoms with Crippen LogP contribution in [-0.2, 0) is 0 Å². The zero-order valence-corrected chi connectivity index (χ0v) is 31.7. The Hall–Kier alpha value is -6.26. The van der Waals surface area contributed by atoms with Gasteiger partial charge in [0.1, 0.15) is 0 Å². The first kappa shape index (κ1) is 32.2. The monoisotopic (exact) mass is 737 g/mol. The van der Waals surface area contributed by atoms with Crippen molar-refractivity contribution in [1.82, 2.24) is 0 Å². The Morgan fingerprint density at radius 2 is 1.13 bits per heavy atom. The maximum absolute atomic E-state index is 2.65. The molecule has 260 valence electrons. The minimum atomic E-state index is 0.0408. The molecule has 11 rings (SSSR count). The Kier molecular flexibility index (Phi) is 7.75. The molecule has 2 heterocycles. The number of benzene rings is 8. The first-order chi connectivity index (χ1) is 27.3. The van der Waals surface area contributed by atoms with E-state index in [2.05, 4.69) is 199 Å². The van der Waals surface area contributed by atoms with Crippen molar-refractivity contribution in [3.05, 3.63) is 200 Å². The number of thiophene rings is 2. The van der Waals surface area contributed by atoms with Gasteiger partial charge in [0.25, 0.3) is 0 Å². The Balaban J connectivity index is 1.15. The summed E-state index contributed by atoms with van der Waals surface area (Å²) in [6.07, 6.45) is 7.85. The number of hydrogen-bond acceptors (Lipinski definition) is 3. The summed E-state index contributed by atoms with van der Waals surface area (Å²) in [5.74, 6) is 0. The molecular formula is C52H35NS2. The van der Waals surface area contributed by atoms with Gasteiger partial charge < -0.3 is 4.90 Å². The number of fused-ring (bicyclic) bond motifs is 7. The average Bonchev–Trinajstić information content (AvgIpc) is 3.83. The summed E-state index contributed by atoms with van der Waals surface area (Å²) in [6.45, 7) is 0. The molecule has 0 fully saturated rings. The second-order valence-electron chi connectivity index (χ2n) is 14.3. The lowest BCUT2D eigenvalue weighted by molar-refractivity contribution is 0.806. The fraction of sp³-hybridized carbons (Fsp3) is 0.0385. The zero-order chi connectivity index (χ0) is 36.3. The topological polar surface area (TPSA) is 3.24 Å². The van der Waals surface area contributed by atoms with Crippen LogP contribution in [0.1, 0.15) is 12.0 Å². The lowest BCUT2D eigenvalue weighted by Crippen LogP contribution is -2.33. The van der Waals surface area contributed by atoms with E-state index in [0.717, 1.165) is 6.42 Å². The standard InChI is InChI=1S/C52H35NS2/c1-2-15-34(16-3-1)38-24-11-17-35-18-12-26-42(50(35)38)40-21-4-7-28-45(40)53(46-29-14-32-49-51(46)44-23-6-9-31-48(44)54-49)37-20-10-19-36(33-37)39-25-13-27-43-41-22-5-8-30-47(41)55-52(39)43/h1-27,29-33,45H,28H2. The molecule has 3 heteroatoms. The van der Waals surface area contributed by atoms with E-state index < -0.39 is 0 Å². The van der Waals surface area contributed by atoms with E-state index in [9.17, 15) is 0 Å². The summed E-state index contributed by atoms with van der Waals surface area (Å²) >= 11 is 3.78. The van der Waals surface area contributed by atoms with Gasteiger partial charge in [-0.1, -0.05) is 158 Å². The molecule has 1 unspecified atom stereocenters. The summed E-state index contributed by atoms with van der Waals surface area (Å²) in [4.78, 5) is 2.65. The van der Waals surface area contributed by atoms with Gasteiger partial charge in [0, 0.05) is 46.0 Å². The predicted octanol–water partition coefficient (Wildman–Crippen LogP) is 15.5. The van der Waals surface area contributed by atoms with Crippen molar-refractivity contribution in [2.45, 2.75) is 12.5 Å². The molecule has 0 bridgehead atoms. The third kappa shape index (κ3) is 5.34. The van der Waals surface area contributed by atoms with Crippen LogP contribution in [0.15, 0.2) is 194 Å². The average molecular weight is 738 g/mol. The van der Waals surface area contributed by atoms with Crippen molar-refractivity contribution in [1.29, 1.82) is 0 Å². The molecule has 0 N–H and O–H groups in total. The molecule has 2 aromatic heterocycles. The lowest BCUT2D eigenvalue weighted by atomic mass is 9.85. The quantitative estimate of drug-likeness (QED) is 0.164. The zero-order valence-electron chi connectivity index (χ0n) is 30.0. The Morgan fingerprint density at radius 3 is 2.00 bits per heavy atom. The van der Waals surface area contributed by atoms with Crippen LogP contribution < -0.4 is 4.90 Å². The van der Waals surface area contributed by atoms with Crippen LogP contribution in [0, 0.1) is 0 Å². The van der Waals surface area contributed by atoms with E-state index in [-0.39, 0.29) is 6.04 Å². The molecule has 1 aliphatic rings. The molecule has 8 aromatic carbocycles. The van der Waals surface area contributed by atoms with Gasteiger partial charge in [0.2, 0.25) is 0 Å². The summed E-state index contributed by atoms with van der Waals surface area (Å²) in [5, 5.41) is 7.82. The van der Waals surface area contributed by atoms with Gasteiger partial charge >= 0.3 is 0 Å². The van der Waals surface area contributed by atoms with E-state index in [1.165, 1.54) is 95.9 Å². The fourth-order valence-corrected chi connectivity index (χ4v) is 11.2. The molecule has 1 nitrogen and oxygen atoms in total. The highest BCUT2D eigenvalue weighted by Gasteiger charge is 2.30. The van der Waals surface area contributed by atoms with Crippen molar-refractivity contribution in [2.75, 3.05) is 4.90 Å². The molecule has 1 atom stereocenters. The van der Waals surface area contributed by atoms with E-state index in [1.54, 1.807) is 0 Å². The van der Waals surface area contributed by atoms with Gasteiger partial charge in [0.05, 0.1) is 11.7 Å². The fourth-order valence-electron chi connectivity index (χ4n) is 8.81. The number of anilines is 2. The van der Waals surface area contributed by atoms with Gasteiger partial charge in [-0.25, -0.2) is 0 Å². The highest BCUT2D eigenvalue weighted by Crippen LogP contribution is 2.48.